The molecule has 2 aromatic carbocycles. The highest BCUT2D eigenvalue weighted by molar-refractivity contribution is 9.10. The molecule has 1 heterocycles. The summed E-state index contributed by atoms with van der Waals surface area (Å²) >= 11 is 4.93. The highest BCUT2D eigenvalue weighted by Crippen LogP contribution is 2.21. The van der Waals surface area contributed by atoms with E-state index in [1.807, 2.05) is 48.5 Å². The van der Waals surface area contributed by atoms with Gasteiger partial charge in [0.2, 0.25) is 0 Å². The van der Waals surface area contributed by atoms with Crippen LogP contribution in [0, 0.1) is 0 Å². The van der Waals surface area contributed by atoms with E-state index in [2.05, 4.69) is 26.2 Å². The van der Waals surface area contributed by atoms with Crippen LogP contribution in [0.15, 0.2) is 53.0 Å². The van der Waals surface area contributed by atoms with Crippen molar-refractivity contribution in [3.05, 3.63) is 58.0 Å². The molecule has 0 aliphatic carbocycles. The molecule has 0 spiro atoms. The van der Waals surface area contributed by atoms with Crippen LogP contribution in [0.5, 0.6) is 5.75 Å². The van der Waals surface area contributed by atoms with Gasteiger partial charge in [-0.2, -0.15) is 0 Å². The van der Waals surface area contributed by atoms with Gasteiger partial charge in [0, 0.05) is 4.47 Å². The zero-order valence-corrected chi connectivity index (χ0v) is 14.0. The van der Waals surface area contributed by atoms with E-state index >= 15 is 0 Å². The van der Waals surface area contributed by atoms with Crippen LogP contribution in [-0.4, -0.2) is 17.5 Å². The number of hydrogen-bond acceptors (Lipinski definition) is 4. The normalized spacial score (nSPS) is 10.6. The second-order valence-electron chi connectivity index (χ2n) is 4.59. The fourth-order valence-electron chi connectivity index (χ4n) is 1.90. The number of amides is 1. The van der Waals surface area contributed by atoms with Gasteiger partial charge in [-0.1, -0.05) is 28.1 Å². The van der Waals surface area contributed by atoms with Crippen molar-refractivity contribution < 1.29 is 9.53 Å². The van der Waals surface area contributed by atoms with E-state index in [9.17, 15) is 4.79 Å². The second-order valence-corrected chi connectivity index (χ2v) is 6.63. The van der Waals surface area contributed by atoms with Crippen molar-refractivity contribution in [3.8, 4) is 5.75 Å². The number of nitrogens with one attached hydrogen (secondary N) is 1. The van der Waals surface area contributed by atoms with Gasteiger partial charge in [0.1, 0.15) is 10.8 Å². The van der Waals surface area contributed by atoms with Gasteiger partial charge in [0.25, 0.3) is 5.91 Å². The van der Waals surface area contributed by atoms with E-state index in [1.165, 1.54) is 0 Å². The number of fused-ring (bicyclic) bond motifs is 1. The lowest BCUT2D eigenvalue weighted by atomic mass is 10.3. The number of aromatic nitrogens is 1. The molecule has 3 aromatic rings. The van der Waals surface area contributed by atoms with Crippen LogP contribution in [0.1, 0.15) is 5.01 Å². The molecular weight excluding hydrogens is 364 g/mol. The fraction of sp³-hybridized carbons (Fsp3) is 0.125. The molecule has 0 bridgehead atoms. The molecule has 0 saturated carbocycles. The lowest BCUT2D eigenvalue weighted by Gasteiger charge is -2.06. The summed E-state index contributed by atoms with van der Waals surface area (Å²) in [5, 5.41) is 3.70. The Morgan fingerprint density at radius 1 is 1.18 bits per heavy atom. The Labute approximate surface area is 140 Å². The Morgan fingerprint density at radius 2 is 1.95 bits per heavy atom. The summed E-state index contributed by atoms with van der Waals surface area (Å²) in [5.74, 6) is 0.500. The summed E-state index contributed by atoms with van der Waals surface area (Å²) < 4.78 is 7.52. The van der Waals surface area contributed by atoms with Gasteiger partial charge < -0.3 is 10.1 Å². The number of ether oxygens (including phenoxy) is 1. The first-order valence-electron chi connectivity index (χ1n) is 6.70. The van der Waals surface area contributed by atoms with Gasteiger partial charge in [0.15, 0.2) is 6.61 Å². The molecule has 6 heteroatoms. The molecule has 0 saturated heterocycles. The predicted molar refractivity (Wildman–Crippen MR) is 91.1 cm³/mol. The van der Waals surface area contributed by atoms with Crippen LogP contribution in [-0.2, 0) is 11.3 Å². The average Bonchev–Trinajstić information content (AvgIpc) is 2.95. The van der Waals surface area contributed by atoms with Crippen LogP contribution in [0.25, 0.3) is 10.2 Å². The van der Waals surface area contributed by atoms with Crippen LogP contribution in [0.2, 0.25) is 0 Å². The molecular formula is C16H13BrN2O2S. The van der Waals surface area contributed by atoms with E-state index in [0.29, 0.717) is 12.3 Å². The number of halogens is 1. The quantitative estimate of drug-likeness (QED) is 0.737. The summed E-state index contributed by atoms with van der Waals surface area (Å²) in [4.78, 5) is 16.3. The van der Waals surface area contributed by atoms with Gasteiger partial charge in [-0.05, 0) is 36.4 Å². The summed E-state index contributed by atoms with van der Waals surface area (Å²) in [6.07, 6.45) is 0. The molecule has 0 aliphatic rings. The van der Waals surface area contributed by atoms with E-state index in [-0.39, 0.29) is 12.5 Å². The number of carbonyl (C=O) groups excluding carboxylic acids is 1. The SMILES string of the molecule is O=C(COc1ccc(Br)cc1)NCc1nc2ccccc2s1. The Morgan fingerprint density at radius 3 is 2.73 bits per heavy atom. The monoisotopic (exact) mass is 376 g/mol. The second kappa shape index (κ2) is 6.89. The van der Waals surface area contributed by atoms with Gasteiger partial charge in [-0.15, -0.1) is 11.3 Å². The largest absolute Gasteiger partial charge is 0.484 e. The summed E-state index contributed by atoms with van der Waals surface area (Å²) in [6, 6.07) is 15.3. The minimum atomic E-state index is -0.165. The summed E-state index contributed by atoms with van der Waals surface area (Å²) in [7, 11) is 0. The molecule has 112 valence electrons. The van der Waals surface area contributed by atoms with Crippen LogP contribution < -0.4 is 10.1 Å². The summed E-state index contributed by atoms with van der Waals surface area (Å²) in [5.41, 5.74) is 0.961. The molecule has 0 unspecified atom stereocenters. The van der Waals surface area contributed by atoms with Crippen molar-refractivity contribution in [2.75, 3.05) is 6.61 Å². The van der Waals surface area contributed by atoms with Gasteiger partial charge in [-0.3, -0.25) is 4.79 Å². The topological polar surface area (TPSA) is 51.2 Å². The first-order valence-corrected chi connectivity index (χ1v) is 8.31. The molecule has 0 atom stereocenters. The van der Waals surface area contributed by atoms with Crippen molar-refractivity contribution in [2.45, 2.75) is 6.54 Å². The van der Waals surface area contributed by atoms with Crippen molar-refractivity contribution in [2.24, 2.45) is 0 Å². The van der Waals surface area contributed by atoms with Crippen molar-refractivity contribution >= 4 is 43.4 Å². The van der Waals surface area contributed by atoms with Crippen molar-refractivity contribution in [3.63, 3.8) is 0 Å². The molecule has 0 fully saturated rings. The zero-order valence-electron chi connectivity index (χ0n) is 11.6. The van der Waals surface area contributed by atoms with E-state index in [0.717, 1.165) is 19.7 Å². The Kier molecular flexibility index (Phi) is 4.70. The number of nitrogens with zero attached hydrogens (tertiary/aromatic N) is 1. The molecule has 1 N–H and O–H groups in total. The standard InChI is InChI=1S/C16H13BrN2O2S/c17-11-5-7-12(8-6-11)21-10-15(20)18-9-16-19-13-3-1-2-4-14(13)22-16/h1-8H,9-10H2,(H,18,20). The zero-order chi connectivity index (χ0) is 15.4. The number of rotatable bonds is 5. The van der Waals surface area contributed by atoms with Crippen LogP contribution in [0.3, 0.4) is 0 Å². The number of hydrogen-bond donors (Lipinski definition) is 1. The summed E-state index contributed by atoms with van der Waals surface area (Å²) in [6.45, 7) is 0.411. The third-order valence-electron chi connectivity index (χ3n) is 2.96. The highest BCUT2D eigenvalue weighted by Gasteiger charge is 2.06. The fourth-order valence-corrected chi connectivity index (χ4v) is 3.07. The molecule has 0 radical (unpaired) electrons. The van der Waals surface area contributed by atoms with E-state index < -0.39 is 0 Å². The smallest absolute Gasteiger partial charge is 0.258 e. The van der Waals surface area contributed by atoms with Crippen LogP contribution >= 0.6 is 27.3 Å². The third kappa shape index (κ3) is 3.84. The molecule has 4 nitrogen and oxygen atoms in total. The Balaban J connectivity index is 1.50. The number of para-hydroxylation sites is 1. The lowest BCUT2D eigenvalue weighted by molar-refractivity contribution is -0.123. The number of carbonyl (C=O) groups is 1. The minimum Gasteiger partial charge on any atom is -0.484 e. The third-order valence-corrected chi connectivity index (χ3v) is 4.52. The van der Waals surface area contributed by atoms with Gasteiger partial charge in [-0.25, -0.2) is 4.98 Å². The Hall–Kier alpha value is -1.92. The van der Waals surface area contributed by atoms with Gasteiger partial charge in [0.05, 0.1) is 16.8 Å². The number of benzene rings is 2. The van der Waals surface area contributed by atoms with Crippen molar-refractivity contribution in [1.29, 1.82) is 0 Å². The Bertz CT molecular complexity index is 753. The maximum atomic E-state index is 11.8. The molecule has 1 amide bonds. The van der Waals surface area contributed by atoms with E-state index in [1.54, 1.807) is 11.3 Å². The lowest BCUT2D eigenvalue weighted by Crippen LogP contribution is -2.28. The predicted octanol–water partition coefficient (Wildman–Crippen LogP) is 3.75. The molecule has 3 rings (SSSR count). The molecule has 0 aliphatic heterocycles. The first-order chi connectivity index (χ1) is 10.7. The van der Waals surface area contributed by atoms with Crippen LogP contribution in [0.4, 0.5) is 0 Å². The minimum absolute atomic E-state index is 0.00741. The maximum Gasteiger partial charge on any atom is 0.258 e. The van der Waals surface area contributed by atoms with Crippen molar-refractivity contribution in [1.82, 2.24) is 10.3 Å². The number of thiazole rings is 1. The molecule has 1 aromatic heterocycles. The molecule has 22 heavy (non-hydrogen) atoms. The first kappa shape index (κ1) is 15.0. The van der Waals surface area contributed by atoms with Gasteiger partial charge >= 0.3 is 0 Å². The average molecular weight is 377 g/mol. The highest BCUT2D eigenvalue weighted by atomic mass is 79.9. The maximum absolute atomic E-state index is 11.8. The van der Waals surface area contributed by atoms with E-state index in [4.69, 9.17) is 4.74 Å².